The minimum Gasteiger partial charge on any atom is -0.474 e. The van der Waals surface area contributed by atoms with Gasteiger partial charge in [-0.1, -0.05) is 45.2 Å². The summed E-state index contributed by atoms with van der Waals surface area (Å²) in [6.07, 6.45) is 7.53. The summed E-state index contributed by atoms with van der Waals surface area (Å²) >= 11 is 0. The van der Waals surface area contributed by atoms with Crippen LogP contribution < -0.4 is 5.38 Å². The van der Waals surface area contributed by atoms with Crippen molar-refractivity contribution in [3.05, 3.63) is 18.4 Å². The van der Waals surface area contributed by atoms with E-state index < -0.39 is 8.07 Å². The van der Waals surface area contributed by atoms with Crippen LogP contribution in [0, 0.1) is 0 Å². The first kappa shape index (κ1) is 14.9. The summed E-state index contributed by atoms with van der Waals surface area (Å²) in [4.78, 5) is 2.55. The third-order valence-electron chi connectivity index (χ3n) is 4.88. The highest BCUT2D eigenvalue weighted by Gasteiger charge is 2.38. The third kappa shape index (κ3) is 3.73. The van der Waals surface area contributed by atoms with Gasteiger partial charge in [0.15, 0.2) is 0 Å². The average molecular weight is 280 g/mol. The summed E-state index contributed by atoms with van der Waals surface area (Å²) in [5.74, 6) is 0. The van der Waals surface area contributed by atoms with Crippen LogP contribution in [0.1, 0.15) is 39.5 Å². The van der Waals surface area contributed by atoms with Gasteiger partial charge in [0.2, 0.25) is 0 Å². The van der Waals surface area contributed by atoms with Gasteiger partial charge >= 0.3 is 0 Å². The van der Waals surface area contributed by atoms with Crippen molar-refractivity contribution in [2.24, 2.45) is 0 Å². The molecule has 0 amide bonds. The Balaban J connectivity index is 1.95. The van der Waals surface area contributed by atoms with Crippen molar-refractivity contribution >= 4 is 13.5 Å². The molecule has 0 saturated carbocycles. The Kier molecular flexibility index (Phi) is 5.70. The molecule has 2 rings (SSSR count). The van der Waals surface area contributed by atoms with Crippen LogP contribution >= 0.6 is 0 Å². The lowest BCUT2D eigenvalue weighted by Crippen LogP contribution is -2.48. The summed E-state index contributed by atoms with van der Waals surface area (Å²) in [5.41, 5.74) is 0. The predicted molar refractivity (Wildman–Crippen MR) is 84.8 cm³/mol. The summed E-state index contributed by atoms with van der Waals surface area (Å²) < 4.78 is 5.83. The van der Waals surface area contributed by atoms with E-state index in [0.29, 0.717) is 0 Å². The van der Waals surface area contributed by atoms with Crippen molar-refractivity contribution in [2.45, 2.75) is 57.7 Å². The second-order valence-corrected chi connectivity index (χ2v) is 10.5. The third-order valence-corrected chi connectivity index (χ3v) is 10.1. The minimum atomic E-state index is -1.29. The van der Waals surface area contributed by atoms with Crippen LogP contribution in [0.3, 0.4) is 0 Å². The molecule has 108 valence electrons. The van der Waals surface area contributed by atoms with Crippen LogP contribution in [0.25, 0.3) is 0 Å². The molecule has 0 N–H and O–H groups in total. The standard InChI is InChI=1S/C16H29NOSi/c1-3-17(4-2)11-9-15-19(13-6-5-7-14-19)16-10-8-12-18-16/h8,10,12H,3-7,9,11,13-15H2,1-2H3. The molecular formula is C16H29NOSi. The Bertz CT molecular complexity index is 340. The van der Waals surface area contributed by atoms with E-state index in [1.807, 2.05) is 6.26 Å². The minimum absolute atomic E-state index is 1.19. The molecule has 0 aliphatic carbocycles. The topological polar surface area (TPSA) is 16.4 Å². The fourth-order valence-electron chi connectivity index (χ4n) is 3.61. The van der Waals surface area contributed by atoms with E-state index >= 15 is 0 Å². The molecule has 1 saturated heterocycles. The van der Waals surface area contributed by atoms with E-state index in [4.69, 9.17) is 4.42 Å². The van der Waals surface area contributed by atoms with Crippen molar-refractivity contribution < 1.29 is 4.42 Å². The number of furan rings is 1. The van der Waals surface area contributed by atoms with E-state index in [1.54, 1.807) is 0 Å². The lowest BCUT2D eigenvalue weighted by Gasteiger charge is -2.34. The van der Waals surface area contributed by atoms with Crippen molar-refractivity contribution in [2.75, 3.05) is 19.6 Å². The molecule has 2 nitrogen and oxygen atoms in total. The van der Waals surface area contributed by atoms with Crippen molar-refractivity contribution in [1.29, 1.82) is 0 Å². The van der Waals surface area contributed by atoms with E-state index in [0.717, 1.165) is 0 Å². The first-order chi connectivity index (χ1) is 9.30. The largest absolute Gasteiger partial charge is 0.474 e. The van der Waals surface area contributed by atoms with Crippen LogP contribution in [0.2, 0.25) is 18.1 Å². The maximum atomic E-state index is 5.83. The quantitative estimate of drug-likeness (QED) is 0.705. The highest BCUT2D eigenvalue weighted by Crippen LogP contribution is 2.32. The fraction of sp³-hybridized carbons (Fsp3) is 0.750. The Morgan fingerprint density at radius 1 is 1.16 bits per heavy atom. The van der Waals surface area contributed by atoms with E-state index in [9.17, 15) is 0 Å². The Labute approximate surface area is 119 Å². The SMILES string of the molecule is CCN(CC)CCC[Si]1(c2ccco2)CCCCC1. The van der Waals surface area contributed by atoms with E-state index in [-0.39, 0.29) is 0 Å². The summed E-state index contributed by atoms with van der Waals surface area (Å²) in [5, 5.41) is 1.38. The molecule has 0 atom stereocenters. The zero-order chi connectivity index (χ0) is 13.6. The molecule has 2 heterocycles. The first-order valence-corrected chi connectivity index (χ1v) is 10.7. The molecule has 19 heavy (non-hydrogen) atoms. The lowest BCUT2D eigenvalue weighted by molar-refractivity contribution is 0.304. The smallest absolute Gasteiger partial charge is 0.132 e. The summed E-state index contributed by atoms with van der Waals surface area (Å²) in [6.45, 7) is 8.17. The van der Waals surface area contributed by atoms with Gasteiger partial charge in [-0.2, -0.15) is 0 Å². The van der Waals surface area contributed by atoms with Gasteiger partial charge in [-0.25, -0.2) is 0 Å². The van der Waals surface area contributed by atoms with Gasteiger partial charge in [-0.05, 0) is 44.2 Å². The number of nitrogens with zero attached hydrogens (tertiary/aromatic N) is 1. The number of hydrogen-bond donors (Lipinski definition) is 0. The average Bonchev–Trinajstić information content (AvgIpc) is 2.99. The van der Waals surface area contributed by atoms with Crippen LogP contribution in [0.4, 0.5) is 0 Å². The summed E-state index contributed by atoms with van der Waals surface area (Å²) in [6, 6.07) is 8.69. The van der Waals surface area contributed by atoms with Gasteiger partial charge in [0.25, 0.3) is 0 Å². The van der Waals surface area contributed by atoms with Gasteiger partial charge in [0.1, 0.15) is 8.07 Å². The molecule has 0 bridgehead atoms. The normalized spacial score (nSPS) is 18.9. The van der Waals surface area contributed by atoms with Crippen LogP contribution in [0.5, 0.6) is 0 Å². The van der Waals surface area contributed by atoms with Gasteiger partial charge in [0.05, 0.1) is 11.6 Å². The van der Waals surface area contributed by atoms with Crippen molar-refractivity contribution in [3.8, 4) is 0 Å². The zero-order valence-electron chi connectivity index (χ0n) is 12.7. The number of rotatable bonds is 7. The fourth-order valence-corrected chi connectivity index (χ4v) is 8.55. The maximum absolute atomic E-state index is 5.83. The highest BCUT2D eigenvalue weighted by molar-refractivity contribution is 6.91. The second-order valence-electron chi connectivity index (χ2n) is 5.95. The predicted octanol–water partition coefficient (Wildman–Crippen LogP) is 3.85. The van der Waals surface area contributed by atoms with Crippen molar-refractivity contribution in [1.82, 2.24) is 4.90 Å². The molecular weight excluding hydrogens is 250 g/mol. The van der Waals surface area contributed by atoms with E-state index in [1.165, 1.54) is 68.8 Å². The Morgan fingerprint density at radius 2 is 1.89 bits per heavy atom. The highest BCUT2D eigenvalue weighted by atomic mass is 28.3. The van der Waals surface area contributed by atoms with Crippen molar-refractivity contribution in [3.63, 3.8) is 0 Å². The lowest BCUT2D eigenvalue weighted by atomic mass is 10.3. The molecule has 1 aromatic heterocycles. The van der Waals surface area contributed by atoms with Gasteiger partial charge in [-0.15, -0.1) is 0 Å². The van der Waals surface area contributed by atoms with E-state index in [2.05, 4.69) is 30.9 Å². The monoisotopic (exact) mass is 279 g/mol. The van der Waals surface area contributed by atoms with Gasteiger partial charge < -0.3 is 9.32 Å². The van der Waals surface area contributed by atoms with Gasteiger partial charge in [-0.3, -0.25) is 0 Å². The molecule has 0 aromatic carbocycles. The van der Waals surface area contributed by atoms with Gasteiger partial charge in [0, 0.05) is 0 Å². The van der Waals surface area contributed by atoms with Crippen LogP contribution in [-0.2, 0) is 0 Å². The molecule has 1 fully saturated rings. The Hall–Kier alpha value is -0.543. The Morgan fingerprint density at radius 3 is 2.47 bits per heavy atom. The summed E-state index contributed by atoms with van der Waals surface area (Å²) in [7, 11) is -1.29. The molecule has 3 heteroatoms. The molecule has 0 radical (unpaired) electrons. The molecule has 1 aliphatic heterocycles. The molecule has 1 aromatic rings. The molecule has 0 unspecified atom stereocenters. The van der Waals surface area contributed by atoms with Crippen LogP contribution in [-0.4, -0.2) is 32.6 Å². The molecule has 1 aliphatic rings. The zero-order valence-corrected chi connectivity index (χ0v) is 13.7. The second kappa shape index (κ2) is 7.30. The first-order valence-electron chi connectivity index (χ1n) is 8.07. The number of hydrogen-bond acceptors (Lipinski definition) is 2. The van der Waals surface area contributed by atoms with Crippen LogP contribution in [0.15, 0.2) is 22.8 Å². The maximum Gasteiger partial charge on any atom is 0.132 e. The molecule has 0 spiro atoms.